The van der Waals surface area contributed by atoms with Crippen molar-refractivity contribution in [2.75, 3.05) is 0 Å². The summed E-state index contributed by atoms with van der Waals surface area (Å²) >= 11 is 0. The van der Waals surface area contributed by atoms with E-state index < -0.39 is 0 Å². The van der Waals surface area contributed by atoms with Crippen molar-refractivity contribution in [2.24, 2.45) is 17.3 Å². The van der Waals surface area contributed by atoms with E-state index in [1.165, 1.54) is 38.5 Å². The average molecular weight is 348 g/mol. The van der Waals surface area contributed by atoms with Gasteiger partial charge >= 0.3 is 0 Å². The van der Waals surface area contributed by atoms with Gasteiger partial charge in [0.05, 0.1) is 5.69 Å². The Kier molecular flexibility index (Phi) is 3.84. The highest BCUT2D eigenvalue weighted by Gasteiger charge is 2.55. The van der Waals surface area contributed by atoms with E-state index in [0.717, 1.165) is 29.2 Å². The zero-order chi connectivity index (χ0) is 17.7. The molecule has 0 saturated heterocycles. The van der Waals surface area contributed by atoms with Crippen molar-refractivity contribution in [3.8, 4) is 5.75 Å². The van der Waals surface area contributed by atoms with E-state index in [0.29, 0.717) is 11.5 Å². The first-order valence-electron chi connectivity index (χ1n) is 10.3. The predicted molar refractivity (Wildman–Crippen MR) is 104 cm³/mol. The van der Waals surface area contributed by atoms with Crippen LogP contribution in [-0.4, -0.2) is 11.1 Å². The van der Waals surface area contributed by atoms with Crippen LogP contribution in [0, 0.1) is 24.2 Å². The van der Waals surface area contributed by atoms with E-state index in [4.69, 9.17) is 4.74 Å². The Balaban J connectivity index is 1.42. The summed E-state index contributed by atoms with van der Waals surface area (Å²) in [5, 5.41) is 0. The van der Waals surface area contributed by atoms with Crippen molar-refractivity contribution in [2.45, 2.75) is 64.4 Å². The third-order valence-electron chi connectivity index (χ3n) is 7.78. The summed E-state index contributed by atoms with van der Waals surface area (Å²) in [5.74, 6) is 3.40. The highest BCUT2D eigenvalue weighted by Crippen LogP contribution is 2.61. The molecule has 1 aromatic heterocycles. The number of hydrogen-bond acceptors (Lipinski definition) is 2. The molecular weight excluding hydrogens is 318 g/mol. The molecule has 0 aliphatic heterocycles. The molecule has 2 heteroatoms. The van der Waals surface area contributed by atoms with E-state index in [9.17, 15) is 0 Å². The van der Waals surface area contributed by atoms with Crippen LogP contribution in [0.3, 0.4) is 0 Å². The SMILES string of the molecule is Cc1ncccc1O[C@H]1CCC2[C@@H]3CCc4ccccc4C3CC[C@@]21C. The summed E-state index contributed by atoms with van der Waals surface area (Å²) in [6, 6.07) is 13.3. The van der Waals surface area contributed by atoms with Gasteiger partial charge in [-0.1, -0.05) is 31.2 Å². The quantitative estimate of drug-likeness (QED) is 0.696. The molecule has 26 heavy (non-hydrogen) atoms. The van der Waals surface area contributed by atoms with Gasteiger partial charge in [-0.25, -0.2) is 0 Å². The minimum atomic E-state index is 0.315. The highest BCUT2D eigenvalue weighted by atomic mass is 16.5. The normalized spacial score (nSPS) is 35.3. The van der Waals surface area contributed by atoms with Crippen molar-refractivity contribution in [1.82, 2.24) is 4.98 Å². The number of aromatic nitrogens is 1. The molecule has 3 aliphatic rings. The van der Waals surface area contributed by atoms with Crippen LogP contribution in [0.5, 0.6) is 5.75 Å². The average Bonchev–Trinajstić information content (AvgIpc) is 3.00. The van der Waals surface area contributed by atoms with Gasteiger partial charge in [-0.2, -0.15) is 0 Å². The van der Waals surface area contributed by atoms with Gasteiger partial charge in [-0.3, -0.25) is 4.98 Å². The predicted octanol–water partition coefficient (Wildman–Crippen LogP) is 5.69. The number of benzene rings is 1. The summed E-state index contributed by atoms with van der Waals surface area (Å²) < 4.78 is 6.57. The zero-order valence-corrected chi connectivity index (χ0v) is 15.9. The van der Waals surface area contributed by atoms with Gasteiger partial charge in [-0.05, 0) is 86.5 Å². The maximum Gasteiger partial charge on any atom is 0.140 e. The Morgan fingerprint density at radius 1 is 1.04 bits per heavy atom. The van der Waals surface area contributed by atoms with E-state index in [1.807, 2.05) is 12.3 Å². The molecule has 1 aromatic carbocycles. The zero-order valence-electron chi connectivity index (χ0n) is 15.9. The van der Waals surface area contributed by atoms with Gasteiger partial charge in [0.2, 0.25) is 0 Å². The molecule has 2 saturated carbocycles. The lowest BCUT2D eigenvalue weighted by atomic mass is 9.55. The first-order chi connectivity index (χ1) is 12.7. The van der Waals surface area contributed by atoms with Crippen LogP contribution in [-0.2, 0) is 6.42 Å². The van der Waals surface area contributed by atoms with Gasteiger partial charge in [0.25, 0.3) is 0 Å². The lowest BCUT2D eigenvalue weighted by molar-refractivity contribution is -0.0110. The number of hydrogen-bond donors (Lipinski definition) is 0. The Morgan fingerprint density at radius 3 is 2.81 bits per heavy atom. The topological polar surface area (TPSA) is 22.1 Å². The third-order valence-corrected chi connectivity index (χ3v) is 7.78. The van der Waals surface area contributed by atoms with Gasteiger partial charge in [0.1, 0.15) is 11.9 Å². The molecule has 0 spiro atoms. The number of fused-ring (bicyclic) bond motifs is 5. The van der Waals surface area contributed by atoms with Gasteiger partial charge < -0.3 is 4.74 Å². The van der Waals surface area contributed by atoms with E-state index in [2.05, 4.69) is 49.2 Å². The fourth-order valence-electron chi connectivity index (χ4n) is 6.41. The molecule has 0 amide bonds. The number of aryl methyl sites for hydroxylation is 2. The molecule has 2 unspecified atom stereocenters. The fourth-order valence-corrected chi connectivity index (χ4v) is 6.41. The van der Waals surface area contributed by atoms with E-state index >= 15 is 0 Å². The van der Waals surface area contributed by atoms with Gasteiger partial charge in [-0.15, -0.1) is 0 Å². The molecule has 1 heterocycles. The fraction of sp³-hybridized carbons (Fsp3) is 0.542. The lowest BCUT2D eigenvalue weighted by Crippen LogP contribution is -2.45. The van der Waals surface area contributed by atoms with Crippen LogP contribution in [0.15, 0.2) is 42.6 Å². The molecule has 2 nitrogen and oxygen atoms in total. The van der Waals surface area contributed by atoms with Crippen molar-refractivity contribution in [1.29, 1.82) is 0 Å². The number of pyridine rings is 1. The largest absolute Gasteiger partial charge is 0.488 e. The van der Waals surface area contributed by atoms with Crippen LogP contribution >= 0.6 is 0 Å². The second-order valence-electron chi connectivity index (χ2n) is 8.93. The first-order valence-corrected chi connectivity index (χ1v) is 10.3. The summed E-state index contributed by atoms with van der Waals surface area (Å²) in [7, 11) is 0. The van der Waals surface area contributed by atoms with E-state index in [-0.39, 0.29) is 0 Å². The minimum absolute atomic E-state index is 0.315. The maximum absolute atomic E-state index is 6.57. The maximum atomic E-state index is 6.57. The molecule has 2 fully saturated rings. The van der Waals surface area contributed by atoms with Crippen LogP contribution in [0.2, 0.25) is 0 Å². The molecular formula is C24H29NO. The number of ether oxygens (including phenoxy) is 1. The Labute approximate surface area is 157 Å². The summed E-state index contributed by atoms with van der Waals surface area (Å²) in [5.41, 5.74) is 4.59. The molecule has 0 radical (unpaired) electrons. The van der Waals surface area contributed by atoms with Crippen LogP contribution in [0.4, 0.5) is 0 Å². The molecule has 5 atom stereocenters. The van der Waals surface area contributed by atoms with Crippen molar-refractivity contribution >= 4 is 0 Å². The van der Waals surface area contributed by atoms with Crippen molar-refractivity contribution in [3.63, 3.8) is 0 Å². The molecule has 136 valence electrons. The molecule has 0 N–H and O–H groups in total. The smallest absolute Gasteiger partial charge is 0.140 e. The Hall–Kier alpha value is -1.83. The summed E-state index contributed by atoms with van der Waals surface area (Å²) in [6.07, 6.45) is 9.94. The van der Waals surface area contributed by atoms with Gasteiger partial charge in [0.15, 0.2) is 0 Å². The van der Waals surface area contributed by atoms with Crippen molar-refractivity contribution in [3.05, 3.63) is 59.4 Å². The monoisotopic (exact) mass is 347 g/mol. The molecule has 5 rings (SSSR count). The van der Waals surface area contributed by atoms with Crippen LogP contribution < -0.4 is 4.74 Å². The van der Waals surface area contributed by atoms with Crippen LogP contribution in [0.25, 0.3) is 0 Å². The lowest BCUT2D eigenvalue weighted by Gasteiger charge is -2.50. The second-order valence-corrected chi connectivity index (χ2v) is 8.93. The number of nitrogens with zero attached hydrogens (tertiary/aromatic N) is 1. The minimum Gasteiger partial charge on any atom is -0.488 e. The molecule has 3 aliphatic carbocycles. The second kappa shape index (κ2) is 6.11. The van der Waals surface area contributed by atoms with Crippen molar-refractivity contribution < 1.29 is 4.74 Å². The number of rotatable bonds is 2. The van der Waals surface area contributed by atoms with Gasteiger partial charge in [0, 0.05) is 11.6 Å². The molecule has 2 aromatic rings. The Morgan fingerprint density at radius 2 is 1.92 bits per heavy atom. The first kappa shape index (κ1) is 16.4. The standard InChI is InChI=1S/C24H29NO/c1-16-22(8-5-15-25-16)26-23-12-11-21-20-10-9-17-6-3-4-7-18(17)19(20)13-14-24(21,23)2/h3-8,15,19-21,23H,9-14H2,1-2H3/t19?,20-,21?,23+,24+/m1/s1. The summed E-state index contributed by atoms with van der Waals surface area (Å²) in [6.45, 7) is 4.57. The van der Waals surface area contributed by atoms with E-state index in [1.54, 1.807) is 11.1 Å². The highest BCUT2D eigenvalue weighted by molar-refractivity contribution is 5.35. The molecule has 0 bridgehead atoms. The van der Waals surface area contributed by atoms with Crippen LogP contribution in [0.1, 0.15) is 61.8 Å². The third kappa shape index (κ3) is 2.41. The summed E-state index contributed by atoms with van der Waals surface area (Å²) in [4.78, 5) is 4.41. The Bertz CT molecular complexity index is 815.